The summed E-state index contributed by atoms with van der Waals surface area (Å²) in [5.74, 6) is -2.55. The van der Waals surface area contributed by atoms with Gasteiger partial charge in [-0.15, -0.1) is 0 Å². The number of hydrogen-bond donors (Lipinski definition) is 4. The molecule has 149 valence electrons. The molecule has 26 heavy (non-hydrogen) atoms. The second-order valence-corrected chi connectivity index (χ2v) is 6.16. The molecular formula is C14H23NO10Y-2. The second-order valence-electron chi connectivity index (χ2n) is 6.16. The zero-order valence-corrected chi connectivity index (χ0v) is 17.1. The zero-order valence-electron chi connectivity index (χ0n) is 14.3. The summed E-state index contributed by atoms with van der Waals surface area (Å²) in [5, 5.41) is 50.8. The minimum Gasteiger partial charge on any atom is -0.668 e. The van der Waals surface area contributed by atoms with Crippen molar-refractivity contribution in [3.8, 4) is 0 Å². The molecule has 2 heterocycles. The summed E-state index contributed by atoms with van der Waals surface area (Å²) in [6.45, 7) is 0.767. The maximum absolute atomic E-state index is 11.1. The number of methoxy groups -OCH3 is 1. The van der Waals surface area contributed by atoms with Gasteiger partial charge in [-0.1, -0.05) is 13.0 Å². The van der Waals surface area contributed by atoms with Gasteiger partial charge in [0.05, 0.1) is 24.8 Å². The van der Waals surface area contributed by atoms with E-state index in [0.29, 0.717) is 0 Å². The number of carbonyl (C=O) groups excluding carboxylic acids is 1. The predicted octanol–water partition coefficient (Wildman–Crippen LogP) is -3.65. The first-order valence-electron chi connectivity index (χ1n) is 7.79. The SMILES string of the molecule is CO[C@H]1OC(CO)[C@@H](O[C@@H]2OC(C(=O)[O-])[C@H](C)[C@H](O)C2O)C(O)C1[NH-].[Y]. The number of hydrogen-bond acceptors (Lipinski definition) is 10. The van der Waals surface area contributed by atoms with Crippen molar-refractivity contribution in [2.75, 3.05) is 13.7 Å². The van der Waals surface area contributed by atoms with Crippen LogP contribution in [-0.4, -0.2) is 95.4 Å². The fraction of sp³-hybridized carbons (Fsp3) is 0.929. The van der Waals surface area contributed by atoms with E-state index < -0.39 is 73.7 Å². The fourth-order valence-corrected chi connectivity index (χ4v) is 2.97. The Kier molecular flexibility index (Phi) is 9.44. The number of aliphatic carboxylic acids is 1. The minimum absolute atomic E-state index is 0. The number of ether oxygens (including phenoxy) is 4. The molecule has 0 amide bonds. The third kappa shape index (κ3) is 4.79. The van der Waals surface area contributed by atoms with Gasteiger partial charge in [0.25, 0.3) is 0 Å². The molecule has 2 aliphatic rings. The van der Waals surface area contributed by atoms with Gasteiger partial charge in [-0.05, 0) is 0 Å². The van der Waals surface area contributed by atoms with Crippen LogP contribution in [0.3, 0.4) is 0 Å². The van der Waals surface area contributed by atoms with Crippen LogP contribution in [0.5, 0.6) is 0 Å². The number of rotatable bonds is 5. The van der Waals surface area contributed by atoms with Crippen LogP contribution in [0.1, 0.15) is 6.92 Å². The van der Waals surface area contributed by atoms with Crippen LogP contribution in [0.4, 0.5) is 0 Å². The monoisotopic (exact) mass is 454 g/mol. The number of aliphatic hydroxyl groups excluding tert-OH is 4. The van der Waals surface area contributed by atoms with Crippen molar-refractivity contribution in [1.82, 2.24) is 0 Å². The quantitative estimate of drug-likeness (QED) is 0.323. The van der Waals surface area contributed by atoms with Crippen LogP contribution in [0.25, 0.3) is 5.73 Å². The Morgan fingerprint density at radius 2 is 1.77 bits per heavy atom. The van der Waals surface area contributed by atoms with Crippen LogP contribution < -0.4 is 5.11 Å². The Morgan fingerprint density at radius 1 is 1.15 bits per heavy atom. The predicted molar refractivity (Wildman–Crippen MR) is 76.6 cm³/mol. The summed E-state index contributed by atoms with van der Waals surface area (Å²) in [5.41, 5.74) is 7.86. The van der Waals surface area contributed by atoms with Gasteiger partial charge >= 0.3 is 0 Å². The van der Waals surface area contributed by atoms with Gasteiger partial charge < -0.3 is 55.0 Å². The molecule has 0 bridgehead atoms. The molecule has 2 fully saturated rings. The Bertz CT molecular complexity index is 469. The molecule has 0 saturated carbocycles. The van der Waals surface area contributed by atoms with Gasteiger partial charge in [0.15, 0.2) is 6.29 Å². The van der Waals surface area contributed by atoms with E-state index in [1.165, 1.54) is 14.0 Å². The number of aliphatic hydroxyl groups is 4. The maximum atomic E-state index is 11.1. The smallest absolute Gasteiger partial charge is 0.187 e. The van der Waals surface area contributed by atoms with E-state index in [1.807, 2.05) is 0 Å². The summed E-state index contributed by atoms with van der Waals surface area (Å²) >= 11 is 0. The average Bonchev–Trinajstić information content (AvgIpc) is 2.58. The van der Waals surface area contributed by atoms with E-state index in [9.17, 15) is 30.3 Å². The standard InChI is InChI=1S/C14H24NO10.Y/c1-4-7(17)9(19)14(24-10(4)12(20)21)25-11-5(3-16)23-13(22-2)6(15)8(11)18;/h4-11,13-19H,3H2,1-2H3,(H,20,21);/q-1;/p-1/t4-,5?,6?,7+,8?,9?,10?,11-,13+,14+;/m1./s1. The Hall–Kier alpha value is 0.214. The summed E-state index contributed by atoms with van der Waals surface area (Å²) < 4.78 is 20.7. The largest absolute Gasteiger partial charge is 0.668 e. The Labute approximate surface area is 175 Å². The molecule has 2 saturated heterocycles. The Morgan fingerprint density at radius 3 is 2.27 bits per heavy atom. The molecule has 0 aromatic carbocycles. The van der Waals surface area contributed by atoms with Gasteiger partial charge in [-0.25, -0.2) is 0 Å². The topological polar surface area (TPSA) is 182 Å². The summed E-state index contributed by atoms with van der Waals surface area (Å²) in [6.07, 6.45) is -11.3. The fourth-order valence-electron chi connectivity index (χ4n) is 2.97. The first kappa shape index (κ1) is 24.3. The van der Waals surface area contributed by atoms with Crippen LogP contribution in [0.15, 0.2) is 0 Å². The summed E-state index contributed by atoms with van der Waals surface area (Å²) in [7, 11) is 1.27. The van der Waals surface area contributed by atoms with Crippen LogP contribution in [-0.2, 0) is 56.5 Å². The van der Waals surface area contributed by atoms with Crippen molar-refractivity contribution < 1.29 is 82.0 Å². The molecular weight excluding hydrogens is 431 g/mol. The van der Waals surface area contributed by atoms with Crippen LogP contribution in [0.2, 0.25) is 0 Å². The number of carbonyl (C=O) groups is 1. The van der Waals surface area contributed by atoms with Crippen LogP contribution in [0, 0.1) is 5.92 Å². The first-order valence-corrected chi connectivity index (χ1v) is 7.79. The number of carboxylic acids is 1. The molecule has 0 aromatic rings. The molecule has 5 N–H and O–H groups in total. The van der Waals surface area contributed by atoms with Crippen molar-refractivity contribution in [3.63, 3.8) is 0 Å². The molecule has 1 radical (unpaired) electrons. The minimum atomic E-state index is -1.63. The molecule has 2 rings (SSSR count). The number of nitrogens with one attached hydrogen (secondary N) is 1. The molecule has 0 spiro atoms. The zero-order chi connectivity index (χ0) is 18.9. The second kappa shape index (κ2) is 10.1. The van der Waals surface area contributed by atoms with Crippen molar-refractivity contribution in [1.29, 1.82) is 0 Å². The van der Waals surface area contributed by atoms with Gasteiger partial charge in [0.2, 0.25) is 0 Å². The third-order valence-electron chi connectivity index (χ3n) is 4.53. The average molecular weight is 454 g/mol. The molecule has 0 aliphatic carbocycles. The van der Waals surface area contributed by atoms with Crippen molar-refractivity contribution in [3.05, 3.63) is 5.73 Å². The van der Waals surface area contributed by atoms with E-state index >= 15 is 0 Å². The molecule has 11 nitrogen and oxygen atoms in total. The van der Waals surface area contributed by atoms with Crippen molar-refractivity contribution in [2.45, 2.75) is 62.2 Å². The van der Waals surface area contributed by atoms with E-state index in [4.69, 9.17) is 24.7 Å². The molecule has 12 heteroatoms. The molecule has 0 aromatic heterocycles. The van der Waals surface area contributed by atoms with Gasteiger partial charge in [-0.3, -0.25) is 0 Å². The maximum Gasteiger partial charge on any atom is 0.187 e. The van der Waals surface area contributed by atoms with E-state index in [-0.39, 0.29) is 32.7 Å². The first-order chi connectivity index (χ1) is 11.7. The van der Waals surface area contributed by atoms with E-state index in [0.717, 1.165) is 0 Å². The van der Waals surface area contributed by atoms with Crippen molar-refractivity contribution in [2.24, 2.45) is 5.92 Å². The summed E-state index contributed by atoms with van der Waals surface area (Å²) in [6, 6.07) is -1.28. The van der Waals surface area contributed by atoms with E-state index in [2.05, 4.69) is 0 Å². The van der Waals surface area contributed by atoms with Crippen molar-refractivity contribution >= 4 is 5.97 Å². The van der Waals surface area contributed by atoms with Gasteiger partial charge in [0.1, 0.15) is 30.7 Å². The molecule has 5 unspecified atom stereocenters. The number of carboxylic acid groups (broad SMARTS) is 1. The normalized spacial score (nSPS) is 46.4. The van der Waals surface area contributed by atoms with Crippen LogP contribution >= 0.6 is 0 Å². The molecule has 2 aliphatic heterocycles. The summed E-state index contributed by atoms with van der Waals surface area (Å²) in [4.78, 5) is 11.1. The molecule has 10 atom stereocenters. The van der Waals surface area contributed by atoms with Gasteiger partial charge in [0, 0.05) is 45.7 Å². The van der Waals surface area contributed by atoms with E-state index in [1.54, 1.807) is 0 Å². The Balaban J connectivity index is 0.00000338. The van der Waals surface area contributed by atoms with Gasteiger partial charge in [-0.2, -0.15) is 0 Å². The third-order valence-corrected chi connectivity index (χ3v) is 4.53.